The molecule has 0 amide bonds. The van der Waals surface area contributed by atoms with Crippen LogP contribution in [0.25, 0.3) is 209 Å². The maximum Gasteiger partial charge on any atom is 0.160 e. The smallest absolute Gasteiger partial charge is 0.160 e. The largest absolute Gasteiger partial charge is 0.308 e. The minimum Gasteiger partial charge on any atom is -0.308 e. The lowest BCUT2D eigenvalue weighted by atomic mass is 9.96. The molecule has 0 unspecified atom stereocenters. The molecule has 0 spiro atoms. The van der Waals surface area contributed by atoms with E-state index in [0.29, 0.717) is 11.4 Å². The molecule has 0 aliphatic rings. The van der Waals surface area contributed by atoms with E-state index in [9.17, 15) is 5.26 Å². The molecule has 410 valence electrons. The van der Waals surface area contributed by atoms with Crippen LogP contribution in [-0.2, 0) is 0 Å². The van der Waals surface area contributed by atoms with Crippen molar-refractivity contribution in [2.45, 2.75) is 0 Å². The number of fused-ring (bicyclic) bond motifs is 24. The Balaban J connectivity index is 0.735. The van der Waals surface area contributed by atoms with Crippen LogP contribution in [0.2, 0.25) is 0 Å². The fourth-order valence-corrected chi connectivity index (χ4v) is 16.4. The Morgan fingerprint density at radius 2 is 0.489 bits per heavy atom. The zero-order valence-corrected chi connectivity index (χ0v) is 48.0. The van der Waals surface area contributed by atoms with Crippen molar-refractivity contribution in [3.05, 3.63) is 266 Å². The van der Waals surface area contributed by atoms with Gasteiger partial charge in [0.25, 0.3) is 0 Å². The number of nitrogens with zero attached hydrogens (tertiary/aromatic N) is 7. The lowest BCUT2D eigenvalue weighted by Gasteiger charge is -2.11. The lowest BCUT2D eigenvalue weighted by molar-refractivity contribution is 1.18. The molecule has 0 aliphatic carbocycles. The molecule has 0 saturated heterocycles. The third-order valence-corrected chi connectivity index (χ3v) is 20.3. The predicted molar refractivity (Wildman–Crippen MR) is 373 cm³/mol. The summed E-state index contributed by atoms with van der Waals surface area (Å²) in [5.41, 5.74) is 24.2. The second-order valence-corrected chi connectivity index (χ2v) is 24.7. The topological polar surface area (TPSA) is 67.2 Å². The van der Waals surface area contributed by atoms with Crippen LogP contribution in [0.4, 0.5) is 0 Å². The zero-order valence-electron chi connectivity index (χ0n) is 48.0. The molecule has 7 nitrogen and oxygen atoms in total. The highest BCUT2D eigenvalue weighted by atomic mass is 14.9. The van der Waals surface area contributed by atoms with Crippen LogP contribution in [0.1, 0.15) is 5.56 Å². The van der Waals surface area contributed by atoms with E-state index < -0.39 is 0 Å². The van der Waals surface area contributed by atoms with E-state index in [1.165, 1.54) is 158 Å². The molecule has 9 aromatic heterocycles. The lowest BCUT2D eigenvalue weighted by Crippen LogP contribution is -1.96. The van der Waals surface area contributed by atoms with Crippen LogP contribution < -0.4 is 0 Å². The van der Waals surface area contributed by atoms with Gasteiger partial charge in [0.15, 0.2) is 5.82 Å². The van der Waals surface area contributed by atoms with Crippen molar-refractivity contribution in [1.29, 1.82) is 5.26 Å². The first-order valence-corrected chi connectivity index (χ1v) is 30.8. The molecule has 0 saturated carbocycles. The SMILES string of the molecule is N#Cc1ccc(-c2cc(-c3ccc4c5cc(-c6cc7c8ccccc8n8c9ccccc9c(c6)c78)cc6c7ccccc7n(c4c3)c65)nc(-c3ccc4c5cc(-c6cc7c8ccccc8n8c9ccccc9c(c6)c78)cc6c7ccccc7n(c4c3)c65)n2)cc1. The van der Waals surface area contributed by atoms with E-state index in [2.05, 4.69) is 260 Å². The van der Waals surface area contributed by atoms with Crippen molar-refractivity contribution < 1.29 is 0 Å². The molecule has 0 N–H and O–H groups in total. The minimum absolute atomic E-state index is 0.599. The summed E-state index contributed by atoms with van der Waals surface area (Å²) >= 11 is 0. The van der Waals surface area contributed by atoms with Crippen molar-refractivity contribution in [3.63, 3.8) is 0 Å². The number of benzene rings is 13. The Morgan fingerprint density at radius 3 is 0.822 bits per heavy atom. The summed E-state index contributed by atoms with van der Waals surface area (Å²) in [6.07, 6.45) is 0. The molecule has 0 aliphatic heterocycles. The summed E-state index contributed by atoms with van der Waals surface area (Å²) in [6, 6.07) is 98.1. The van der Waals surface area contributed by atoms with E-state index in [-0.39, 0.29) is 0 Å². The van der Waals surface area contributed by atoms with Gasteiger partial charge >= 0.3 is 0 Å². The van der Waals surface area contributed by atoms with Crippen LogP contribution in [0, 0.1) is 11.3 Å². The van der Waals surface area contributed by atoms with Crippen LogP contribution in [-0.4, -0.2) is 27.6 Å². The van der Waals surface area contributed by atoms with E-state index in [1.807, 2.05) is 24.3 Å². The van der Waals surface area contributed by atoms with Crippen LogP contribution in [0.5, 0.6) is 0 Å². The first-order valence-electron chi connectivity index (χ1n) is 30.8. The average molecular weight is 1140 g/mol. The van der Waals surface area contributed by atoms with Gasteiger partial charge in [0, 0.05) is 103 Å². The molecule has 0 bridgehead atoms. The third-order valence-electron chi connectivity index (χ3n) is 20.3. The van der Waals surface area contributed by atoms with Crippen LogP contribution in [0.15, 0.2) is 261 Å². The Morgan fingerprint density at radius 1 is 0.222 bits per heavy atom. The normalized spacial score (nSPS) is 12.7. The third kappa shape index (κ3) is 5.88. The van der Waals surface area contributed by atoms with E-state index in [1.54, 1.807) is 0 Å². The Bertz CT molecular complexity index is 6410. The van der Waals surface area contributed by atoms with Crippen LogP contribution in [0.3, 0.4) is 0 Å². The Hall–Kier alpha value is -12.4. The number of aromatic nitrogens is 6. The molecule has 9 heterocycles. The number of rotatable bonds is 5. The molecule has 7 heteroatoms. The molecular weight excluding hydrogens is 1090 g/mol. The Kier molecular flexibility index (Phi) is 8.63. The van der Waals surface area contributed by atoms with E-state index >= 15 is 0 Å². The number of para-hydroxylation sites is 6. The highest BCUT2D eigenvalue weighted by Gasteiger charge is 2.26. The van der Waals surface area contributed by atoms with Gasteiger partial charge < -0.3 is 17.6 Å². The minimum atomic E-state index is 0.599. The first-order chi connectivity index (χ1) is 44.6. The van der Waals surface area contributed by atoms with Crippen molar-refractivity contribution in [2.75, 3.05) is 0 Å². The van der Waals surface area contributed by atoms with Gasteiger partial charge in [0.05, 0.1) is 89.2 Å². The summed E-state index contributed by atoms with van der Waals surface area (Å²) in [6.45, 7) is 0. The number of hydrogen-bond acceptors (Lipinski definition) is 3. The van der Waals surface area contributed by atoms with E-state index in [4.69, 9.17) is 9.97 Å². The second-order valence-electron chi connectivity index (χ2n) is 24.7. The maximum absolute atomic E-state index is 9.88. The predicted octanol–water partition coefficient (Wildman–Crippen LogP) is 21.3. The van der Waals surface area contributed by atoms with Gasteiger partial charge in [0.2, 0.25) is 0 Å². The summed E-state index contributed by atoms with van der Waals surface area (Å²) in [5.74, 6) is 0.623. The molecule has 22 aromatic rings. The van der Waals surface area contributed by atoms with Crippen molar-refractivity contribution in [1.82, 2.24) is 27.6 Å². The average Bonchev–Trinajstić information content (AvgIpc) is 1.56. The van der Waals surface area contributed by atoms with Crippen molar-refractivity contribution >= 4 is 152 Å². The summed E-state index contributed by atoms with van der Waals surface area (Å²) in [4.78, 5) is 11.0. The summed E-state index contributed by atoms with van der Waals surface area (Å²) in [5, 5.41) is 29.7. The van der Waals surface area contributed by atoms with Crippen molar-refractivity contribution in [2.24, 2.45) is 0 Å². The Labute approximate surface area is 510 Å². The van der Waals surface area contributed by atoms with Gasteiger partial charge in [-0.1, -0.05) is 146 Å². The molecule has 0 fully saturated rings. The van der Waals surface area contributed by atoms with Crippen LogP contribution >= 0.6 is 0 Å². The molecule has 0 radical (unpaired) electrons. The fraction of sp³-hybridized carbons (Fsp3) is 0. The second kappa shape index (κ2) is 16.6. The maximum atomic E-state index is 9.88. The van der Waals surface area contributed by atoms with Gasteiger partial charge in [-0.25, -0.2) is 9.97 Å². The summed E-state index contributed by atoms with van der Waals surface area (Å²) < 4.78 is 9.83. The molecule has 13 aromatic carbocycles. The highest BCUT2D eigenvalue weighted by molar-refractivity contribution is 6.29. The standard InChI is InChI=1S/C83H43N7/c84-44-45-25-27-46(28-26-45)69-43-70(47-29-31-59-67-39-51(37-65-57-17-5-11-23-75(57)89(81(65)67)77(59)41-47)49-33-61-53-13-1-7-19-71(53)87-72-20-8-2-14-54(72)62(34-49)79(61)87)86-83(85-69)48-30-32-60-68-40-52(38-66-58-18-6-12-24-76(58)90(82(66)68)78(60)42-48)50-35-63-55-15-3-9-21-73(55)88-74-22-10-4-16-56(74)64(36-50)80(63)88/h1-43H. The van der Waals surface area contributed by atoms with Crippen molar-refractivity contribution in [3.8, 4) is 62.2 Å². The molecule has 0 atom stereocenters. The van der Waals surface area contributed by atoms with Gasteiger partial charge in [-0.05, 0) is 138 Å². The molecular formula is C83H43N7. The summed E-state index contributed by atoms with van der Waals surface area (Å²) in [7, 11) is 0. The quantitative estimate of drug-likeness (QED) is 0.172. The number of hydrogen-bond donors (Lipinski definition) is 0. The monoisotopic (exact) mass is 1140 g/mol. The zero-order chi connectivity index (χ0) is 58.4. The number of nitriles is 1. The fourth-order valence-electron chi connectivity index (χ4n) is 16.4. The molecule has 90 heavy (non-hydrogen) atoms. The van der Waals surface area contributed by atoms with Gasteiger partial charge in [0.1, 0.15) is 0 Å². The van der Waals surface area contributed by atoms with Gasteiger partial charge in [-0.2, -0.15) is 5.26 Å². The van der Waals surface area contributed by atoms with Gasteiger partial charge in [-0.15, -0.1) is 0 Å². The van der Waals surface area contributed by atoms with E-state index in [0.717, 1.165) is 44.6 Å². The molecule has 22 rings (SSSR count). The van der Waals surface area contributed by atoms with Gasteiger partial charge in [-0.3, -0.25) is 0 Å². The first kappa shape index (κ1) is 46.9. The highest BCUT2D eigenvalue weighted by Crippen LogP contribution is 2.49.